The lowest BCUT2D eigenvalue weighted by molar-refractivity contribution is 0.297. The van der Waals surface area contributed by atoms with Crippen molar-refractivity contribution in [2.24, 2.45) is 0 Å². The van der Waals surface area contributed by atoms with Gasteiger partial charge in [-0.2, -0.15) is 4.21 Å². The molecule has 70 valence electrons. The summed E-state index contributed by atoms with van der Waals surface area (Å²) in [6.45, 7) is 3.75. The zero-order valence-corrected chi connectivity index (χ0v) is 7.79. The highest BCUT2D eigenvalue weighted by molar-refractivity contribution is 7.74. The van der Waals surface area contributed by atoms with Gasteiger partial charge in [-0.25, -0.2) is 0 Å². The lowest BCUT2D eigenvalue weighted by Gasteiger charge is -1.99. The van der Waals surface area contributed by atoms with Gasteiger partial charge < -0.3 is 0 Å². The normalized spacial score (nSPS) is 12.4. The van der Waals surface area contributed by atoms with Gasteiger partial charge in [0.15, 0.2) is 0 Å². The molecule has 1 aromatic carbocycles. The minimum absolute atomic E-state index is 0.139. The van der Waals surface area contributed by atoms with Gasteiger partial charge >= 0.3 is 11.4 Å². The first-order valence-electron chi connectivity index (χ1n) is 3.68. The highest BCUT2D eigenvalue weighted by atomic mass is 32.2. The van der Waals surface area contributed by atoms with Gasteiger partial charge in [-0.05, 0) is 11.1 Å². The second-order valence-corrected chi connectivity index (χ2v) is 3.09. The van der Waals surface area contributed by atoms with Gasteiger partial charge in [-0.3, -0.25) is 8.74 Å². The first-order chi connectivity index (χ1) is 6.22. The van der Waals surface area contributed by atoms with E-state index in [0.29, 0.717) is 0 Å². The van der Waals surface area contributed by atoms with Gasteiger partial charge in [-0.1, -0.05) is 36.9 Å². The summed E-state index contributed by atoms with van der Waals surface area (Å²) in [5.74, 6) is 0. The Balaban J connectivity index is 2.59. The van der Waals surface area contributed by atoms with E-state index in [4.69, 9.17) is 4.55 Å². The summed E-state index contributed by atoms with van der Waals surface area (Å²) in [6.07, 6.45) is 1.73. The minimum atomic E-state index is -2.19. The quantitative estimate of drug-likeness (QED) is 0.752. The van der Waals surface area contributed by atoms with Gasteiger partial charge in [0.2, 0.25) is 0 Å². The Kier molecular flexibility index (Phi) is 3.82. The summed E-state index contributed by atoms with van der Waals surface area (Å²) in [5, 5.41) is 0. The molecule has 3 nitrogen and oxygen atoms in total. The monoisotopic (exact) mass is 198 g/mol. The highest BCUT2D eigenvalue weighted by Crippen LogP contribution is 2.06. The molecule has 0 heterocycles. The zero-order chi connectivity index (χ0) is 9.68. The van der Waals surface area contributed by atoms with E-state index in [0.717, 1.165) is 11.1 Å². The fraction of sp³-hybridized carbons (Fsp3) is 0.111. The number of hydrogen-bond donors (Lipinski definition) is 1. The van der Waals surface area contributed by atoms with Crippen molar-refractivity contribution >= 4 is 17.4 Å². The molecule has 1 N–H and O–H groups in total. The molecule has 13 heavy (non-hydrogen) atoms. The third-order valence-electron chi connectivity index (χ3n) is 1.54. The third-order valence-corrected chi connectivity index (χ3v) is 1.86. The van der Waals surface area contributed by atoms with Gasteiger partial charge in [0.05, 0.1) is 6.61 Å². The van der Waals surface area contributed by atoms with Gasteiger partial charge in [-0.15, -0.1) is 0 Å². The van der Waals surface area contributed by atoms with E-state index in [1.165, 1.54) is 0 Å². The molecule has 0 aliphatic rings. The van der Waals surface area contributed by atoms with E-state index in [1.807, 2.05) is 24.3 Å². The van der Waals surface area contributed by atoms with Gasteiger partial charge in [0.25, 0.3) is 0 Å². The Bertz CT molecular complexity index is 305. The molecule has 4 heteroatoms. The van der Waals surface area contributed by atoms with Crippen LogP contribution in [0.1, 0.15) is 11.1 Å². The van der Waals surface area contributed by atoms with Gasteiger partial charge in [0.1, 0.15) is 0 Å². The molecular formula is C9H10O3S. The summed E-state index contributed by atoms with van der Waals surface area (Å²) >= 11 is -2.19. The van der Waals surface area contributed by atoms with E-state index < -0.39 is 11.4 Å². The second-order valence-electron chi connectivity index (χ2n) is 2.43. The summed E-state index contributed by atoms with van der Waals surface area (Å²) in [6, 6.07) is 7.38. The maximum Gasteiger partial charge on any atom is 0.302 e. The van der Waals surface area contributed by atoms with Crippen molar-refractivity contribution in [1.29, 1.82) is 0 Å². The van der Waals surface area contributed by atoms with Crippen LogP contribution in [-0.2, 0) is 22.2 Å². The van der Waals surface area contributed by atoms with Crippen LogP contribution < -0.4 is 0 Å². The summed E-state index contributed by atoms with van der Waals surface area (Å²) < 4.78 is 23.0. The highest BCUT2D eigenvalue weighted by Gasteiger charge is 1.95. The van der Waals surface area contributed by atoms with Crippen molar-refractivity contribution in [2.75, 3.05) is 0 Å². The van der Waals surface area contributed by atoms with E-state index in [2.05, 4.69) is 10.8 Å². The fourth-order valence-corrected chi connectivity index (χ4v) is 1.11. The van der Waals surface area contributed by atoms with E-state index >= 15 is 0 Å². The molecule has 0 aliphatic heterocycles. The third kappa shape index (κ3) is 3.50. The number of rotatable bonds is 4. The predicted molar refractivity (Wildman–Crippen MR) is 52.1 cm³/mol. The van der Waals surface area contributed by atoms with Crippen LogP contribution >= 0.6 is 0 Å². The molecule has 0 aromatic heterocycles. The van der Waals surface area contributed by atoms with Crippen molar-refractivity contribution in [3.8, 4) is 0 Å². The van der Waals surface area contributed by atoms with Crippen LogP contribution in [0.25, 0.3) is 6.08 Å². The summed E-state index contributed by atoms with van der Waals surface area (Å²) in [4.78, 5) is 0. The lowest BCUT2D eigenvalue weighted by Crippen LogP contribution is -1.95. The zero-order valence-electron chi connectivity index (χ0n) is 6.97. The standard InChI is InChI=1S/C9H10O3S/c1-2-8-3-5-9(6-4-8)7-12-13(10)11/h2-6H,1,7H2,(H,10,11). The van der Waals surface area contributed by atoms with Crippen molar-refractivity contribution in [3.05, 3.63) is 42.0 Å². The molecule has 0 saturated carbocycles. The topological polar surface area (TPSA) is 46.5 Å². The van der Waals surface area contributed by atoms with Crippen LogP contribution in [0.15, 0.2) is 30.8 Å². The molecule has 1 unspecified atom stereocenters. The van der Waals surface area contributed by atoms with Crippen LogP contribution in [0.2, 0.25) is 0 Å². The van der Waals surface area contributed by atoms with Crippen molar-refractivity contribution in [1.82, 2.24) is 0 Å². The predicted octanol–water partition coefficient (Wildman–Crippen LogP) is 1.98. The Hall–Kier alpha value is -0.970. The maximum absolute atomic E-state index is 10.2. The van der Waals surface area contributed by atoms with Crippen LogP contribution in [0, 0.1) is 0 Å². The average Bonchev–Trinajstić information content (AvgIpc) is 2.15. The van der Waals surface area contributed by atoms with Crippen molar-refractivity contribution in [3.63, 3.8) is 0 Å². The molecule has 0 aliphatic carbocycles. The smallest absolute Gasteiger partial charge is 0.284 e. The fourth-order valence-electron chi connectivity index (χ4n) is 0.868. The molecule has 0 bridgehead atoms. The number of benzene rings is 1. The lowest BCUT2D eigenvalue weighted by atomic mass is 10.1. The largest absolute Gasteiger partial charge is 0.302 e. The summed E-state index contributed by atoms with van der Waals surface area (Å²) in [7, 11) is 0. The Morgan fingerprint density at radius 1 is 1.46 bits per heavy atom. The van der Waals surface area contributed by atoms with E-state index in [9.17, 15) is 4.21 Å². The van der Waals surface area contributed by atoms with Gasteiger partial charge in [0, 0.05) is 0 Å². The molecule has 0 amide bonds. The Morgan fingerprint density at radius 2 is 2.08 bits per heavy atom. The van der Waals surface area contributed by atoms with Crippen LogP contribution in [-0.4, -0.2) is 8.76 Å². The molecular weight excluding hydrogens is 188 g/mol. The maximum atomic E-state index is 10.2. The SMILES string of the molecule is C=Cc1ccc(COS(=O)O)cc1. The molecule has 1 rings (SSSR count). The van der Waals surface area contributed by atoms with Crippen LogP contribution in [0.5, 0.6) is 0 Å². The van der Waals surface area contributed by atoms with Crippen molar-refractivity contribution in [2.45, 2.75) is 6.61 Å². The first-order valence-corrected chi connectivity index (χ1v) is 4.71. The Morgan fingerprint density at radius 3 is 2.54 bits per heavy atom. The molecule has 0 fully saturated rings. The molecule has 1 atom stereocenters. The number of hydrogen-bond acceptors (Lipinski definition) is 2. The van der Waals surface area contributed by atoms with E-state index in [-0.39, 0.29) is 6.61 Å². The second kappa shape index (κ2) is 4.91. The van der Waals surface area contributed by atoms with Crippen LogP contribution in [0.3, 0.4) is 0 Å². The first kappa shape index (κ1) is 10.1. The molecule has 0 radical (unpaired) electrons. The van der Waals surface area contributed by atoms with Crippen LogP contribution in [0.4, 0.5) is 0 Å². The van der Waals surface area contributed by atoms with Crippen molar-refractivity contribution < 1.29 is 12.9 Å². The van der Waals surface area contributed by atoms with E-state index in [1.54, 1.807) is 6.08 Å². The summed E-state index contributed by atoms with van der Waals surface area (Å²) in [5.41, 5.74) is 1.86. The average molecular weight is 198 g/mol. The molecule has 0 spiro atoms. The molecule has 1 aromatic rings. The molecule has 0 saturated heterocycles. The minimum Gasteiger partial charge on any atom is -0.284 e. The Labute approximate surface area is 79.5 Å².